The summed E-state index contributed by atoms with van der Waals surface area (Å²) in [5.74, 6) is 0. The van der Waals surface area contributed by atoms with Crippen LogP contribution in [-0.2, 0) is 0 Å². The molecule has 1 heterocycles. The van der Waals surface area contributed by atoms with Crippen LogP contribution in [0.3, 0.4) is 0 Å². The lowest BCUT2D eigenvalue weighted by Gasteiger charge is -2.11. The highest BCUT2D eigenvalue weighted by Crippen LogP contribution is 2.31. The maximum Gasteiger partial charge on any atom is 0.223 e. The third-order valence-electron chi connectivity index (χ3n) is 3.83. The Balaban J connectivity index is 0.000000753. The van der Waals surface area contributed by atoms with E-state index in [-0.39, 0.29) is 0 Å². The summed E-state index contributed by atoms with van der Waals surface area (Å²) in [7, 11) is 0. The number of halogens is 1. The van der Waals surface area contributed by atoms with Gasteiger partial charge < -0.3 is 0 Å². The Bertz CT molecular complexity index is 910. The van der Waals surface area contributed by atoms with E-state index in [4.69, 9.17) is 11.6 Å². The Hall–Kier alpha value is -2.19. The molecule has 0 spiro atoms. The SMILES string of the molecule is CC.Clc1nc(C2=CCCC=C2)c2ccc3ccccc3c2n1. The zero-order valence-electron chi connectivity index (χ0n) is 13.4. The second-order valence-electron chi connectivity index (χ2n) is 5.16. The minimum Gasteiger partial charge on any atom is -0.217 e. The summed E-state index contributed by atoms with van der Waals surface area (Å²) in [6.07, 6.45) is 8.65. The summed E-state index contributed by atoms with van der Waals surface area (Å²) < 4.78 is 0. The topological polar surface area (TPSA) is 25.8 Å². The quantitative estimate of drug-likeness (QED) is 0.394. The summed E-state index contributed by atoms with van der Waals surface area (Å²) in [5.41, 5.74) is 2.97. The lowest BCUT2D eigenvalue weighted by Crippen LogP contribution is -1.96. The smallest absolute Gasteiger partial charge is 0.217 e. The minimum absolute atomic E-state index is 0.300. The largest absolute Gasteiger partial charge is 0.223 e. The van der Waals surface area contributed by atoms with Crippen LogP contribution in [0, 0.1) is 0 Å². The molecular weight excluding hydrogens is 304 g/mol. The number of hydrogen-bond donors (Lipinski definition) is 0. The Morgan fingerprint density at radius 1 is 0.913 bits per heavy atom. The van der Waals surface area contributed by atoms with E-state index in [1.807, 2.05) is 26.0 Å². The summed E-state index contributed by atoms with van der Waals surface area (Å²) >= 11 is 6.17. The lowest BCUT2D eigenvalue weighted by atomic mass is 9.99. The lowest BCUT2D eigenvalue weighted by molar-refractivity contribution is 1.04. The Morgan fingerprint density at radius 2 is 1.74 bits per heavy atom. The maximum atomic E-state index is 6.17. The molecule has 2 aromatic carbocycles. The molecule has 1 aliphatic carbocycles. The number of aromatic nitrogens is 2. The van der Waals surface area contributed by atoms with Gasteiger partial charge in [-0.1, -0.05) is 62.4 Å². The van der Waals surface area contributed by atoms with Crippen molar-refractivity contribution >= 4 is 38.8 Å². The molecule has 0 bridgehead atoms. The third-order valence-corrected chi connectivity index (χ3v) is 4.00. The molecule has 3 aromatic rings. The van der Waals surface area contributed by atoms with Gasteiger partial charge in [0.25, 0.3) is 0 Å². The number of hydrogen-bond acceptors (Lipinski definition) is 2. The van der Waals surface area contributed by atoms with Gasteiger partial charge in [0, 0.05) is 10.8 Å². The molecule has 0 saturated heterocycles. The summed E-state index contributed by atoms with van der Waals surface area (Å²) in [5, 5.41) is 3.63. The summed E-state index contributed by atoms with van der Waals surface area (Å²) in [6.45, 7) is 4.00. The fourth-order valence-electron chi connectivity index (χ4n) is 2.85. The van der Waals surface area contributed by atoms with Crippen molar-refractivity contribution in [2.45, 2.75) is 26.7 Å². The Labute approximate surface area is 141 Å². The van der Waals surface area contributed by atoms with Crippen LogP contribution in [0.4, 0.5) is 0 Å². The molecule has 0 fully saturated rings. The number of nitrogens with zero attached hydrogens (tertiary/aromatic N) is 2. The predicted octanol–water partition coefficient (Wildman–Crippen LogP) is 6.20. The van der Waals surface area contributed by atoms with Gasteiger partial charge in [-0.05, 0) is 41.5 Å². The average Bonchev–Trinajstić information content (AvgIpc) is 2.63. The van der Waals surface area contributed by atoms with Crippen LogP contribution in [0.15, 0.2) is 54.6 Å². The second kappa shape index (κ2) is 6.93. The molecule has 0 saturated carbocycles. The van der Waals surface area contributed by atoms with Gasteiger partial charge >= 0.3 is 0 Å². The van der Waals surface area contributed by atoms with Crippen molar-refractivity contribution in [1.82, 2.24) is 9.97 Å². The van der Waals surface area contributed by atoms with Crippen molar-refractivity contribution in [3.05, 3.63) is 65.6 Å². The first-order valence-electron chi connectivity index (χ1n) is 8.05. The van der Waals surface area contributed by atoms with Crippen LogP contribution in [0.2, 0.25) is 5.28 Å². The van der Waals surface area contributed by atoms with Gasteiger partial charge in [-0.2, -0.15) is 0 Å². The van der Waals surface area contributed by atoms with Gasteiger partial charge in [-0.3, -0.25) is 0 Å². The fourth-order valence-corrected chi connectivity index (χ4v) is 3.01. The molecule has 2 nitrogen and oxygen atoms in total. The molecule has 0 radical (unpaired) electrons. The van der Waals surface area contributed by atoms with E-state index in [9.17, 15) is 0 Å². The molecule has 23 heavy (non-hydrogen) atoms. The second-order valence-corrected chi connectivity index (χ2v) is 5.50. The number of allylic oxidation sites excluding steroid dienone is 4. The molecule has 0 aliphatic heterocycles. The van der Waals surface area contributed by atoms with E-state index in [1.165, 1.54) is 5.39 Å². The summed E-state index contributed by atoms with van der Waals surface area (Å²) in [6, 6.07) is 12.4. The highest BCUT2D eigenvalue weighted by molar-refractivity contribution is 6.29. The zero-order chi connectivity index (χ0) is 16.2. The standard InChI is InChI=1S/C18H13ClN2.C2H6/c19-18-20-16(13-7-2-1-3-8-13)15-11-10-12-6-4-5-9-14(12)17(15)21-18;1-2/h2,4-11H,1,3H2;1-2H3. The first kappa shape index (κ1) is 15.7. The van der Waals surface area contributed by atoms with Gasteiger partial charge in [-0.25, -0.2) is 9.97 Å². The van der Waals surface area contributed by atoms with Crippen LogP contribution >= 0.6 is 11.6 Å². The number of benzene rings is 2. The zero-order valence-corrected chi connectivity index (χ0v) is 14.1. The first-order valence-corrected chi connectivity index (χ1v) is 8.43. The molecule has 0 amide bonds. The van der Waals surface area contributed by atoms with Crippen LogP contribution in [0.5, 0.6) is 0 Å². The van der Waals surface area contributed by atoms with Gasteiger partial charge in [0.2, 0.25) is 5.28 Å². The summed E-state index contributed by atoms with van der Waals surface area (Å²) in [4.78, 5) is 8.93. The van der Waals surface area contributed by atoms with Gasteiger partial charge in [0.1, 0.15) is 0 Å². The average molecular weight is 323 g/mol. The normalized spacial score (nSPS) is 13.6. The maximum absolute atomic E-state index is 6.17. The number of rotatable bonds is 1. The van der Waals surface area contributed by atoms with Crippen LogP contribution in [0.25, 0.3) is 27.2 Å². The van der Waals surface area contributed by atoms with Gasteiger partial charge in [0.05, 0.1) is 11.2 Å². The molecule has 4 rings (SSSR count). The minimum atomic E-state index is 0.300. The highest BCUT2D eigenvalue weighted by Gasteiger charge is 2.12. The molecule has 0 unspecified atom stereocenters. The van der Waals surface area contributed by atoms with Crippen molar-refractivity contribution in [2.75, 3.05) is 0 Å². The van der Waals surface area contributed by atoms with E-state index in [0.29, 0.717) is 5.28 Å². The van der Waals surface area contributed by atoms with Gasteiger partial charge in [-0.15, -0.1) is 0 Å². The van der Waals surface area contributed by atoms with Crippen molar-refractivity contribution in [2.24, 2.45) is 0 Å². The molecule has 0 N–H and O–H groups in total. The van der Waals surface area contributed by atoms with Crippen molar-refractivity contribution < 1.29 is 0 Å². The van der Waals surface area contributed by atoms with E-state index in [0.717, 1.165) is 40.4 Å². The monoisotopic (exact) mass is 322 g/mol. The van der Waals surface area contributed by atoms with E-state index in [1.54, 1.807) is 0 Å². The van der Waals surface area contributed by atoms with Crippen molar-refractivity contribution in [1.29, 1.82) is 0 Å². The molecule has 0 atom stereocenters. The fraction of sp³-hybridized carbons (Fsp3) is 0.200. The van der Waals surface area contributed by atoms with E-state index < -0.39 is 0 Å². The first-order chi connectivity index (χ1) is 11.3. The van der Waals surface area contributed by atoms with Crippen molar-refractivity contribution in [3.63, 3.8) is 0 Å². The molecule has 3 heteroatoms. The predicted molar refractivity (Wildman–Crippen MR) is 99.8 cm³/mol. The van der Waals surface area contributed by atoms with Crippen molar-refractivity contribution in [3.8, 4) is 0 Å². The van der Waals surface area contributed by atoms with E-state index in [2.05, 4.69) is 52.5 Å². The van der Waals surface area contributed by atoms with Gasteiger partial charge in [0.15, 0.2) is 0 Å². The van der Waals surface area contributed by atoms with Crippen LogP contribution in [-0.4, -0.2) is 9.97 Å². The molecule has 1 aromatic heterocycles. The van der Waals surface area contributed by atoms with E-state index >= 15 is 0 Å². The Kier molecular flexibility index (Phi) is 4.73. The molecule has 1 aliphatic rings. The molecule has 116 valence electrons. The number of fused-ring (bicyclic) bond motifs is 3. The van der Waals surface area contributed by atoms with Crippen LogP contribution in [0.1, 0.15) is 32.4 Å². The third kappa shape index (κ3) is 2.99. The highest BCUT2D eigenvalue weighted by atomic mass is 35.5. The Morgan fingerprint density at radius 3 is 2.52 bits per heavy atom. The molecular formula is C20H19ClN2. The van der Waals surface area contributed by atoms with Crippen LogP contribution < -0.4 is 0 Å².